The van der Waals surface area contributed by atoms with Crippen molar-refractivity contribution in [2.75, 3.05) is 0 Å². The molecule has 0 spiro atoms. The van der Waals surface area contributed by atoms with Crippen LogP contribution in [0.4, 0.5) is 0 Å². The van der Waals surface area contributed by atoms with E-state index in [1.54, 1.807) is 0 Å². The molecule has 0 aliphatic rings. The van der Waals surface area contributed by atoms with Crippen molar-refractivity contribution in [2.24, 2.45) is 11.8 Å². The summed E-state index contributed by atoms with van der Waals surface area (Å²) in [6.07, 6.45) is 7.23. The highest BCUT2D eigenvalue weighted by Crippen LogP contribution is 2.28. The Kier molecular flexibility index (Phi) is 5.94. The maximum atomic E-state index is 4.10. The second kappa shape index (κ2) is 6.42. The van der Waals surface area contributed by atoms with Crippen LogP contribution in [-0.4, -0.2) is 0 Å². The molecule has 2 unspecified atom stereocenters. The van der Waals surface area contributed by atoms with Crippen LogP contribution in [0.2, 0.25) is 0 Å². The van der Waals surface area contributed by atoms with Crippen LogP contribution in [0.5, 0.6) is 0 Å². The van der Waals surface area contributed by atoms with E-state index in [-0.39, 0.29) is 0 Å². The maximum Gasteiger partial charge on any atom is -0.00707 e. The zero-order chi connectivity index (χ0) is 11.1. The minimum Gasteiger partial charge on any atom is -0.103 e. The number of hydrogen-bond donors (Lipinski definition) is 0. The highest BCUT2D eigenvalue weighted by Gasteiger charge is 2.16. The van der Waals surface area contributed by atoms with Gasteiger partial charge in [0.2, 0.25) is 0 Å². The Morgan fingerprint density at radius 3 is 2.29 bits per heavy atom. The summed E-state index contributed by atoms with van der Waals surface area (Å²) in [6.45, 7) is 18.1. The van der Waals surface area contributed by atoms with Crippen molar-refractivity contribution in [3.63, 3.8) is 0 Å². The molecule has 0 nitrogen and oxygen atoms in total. The van der Waals surface area contributed by atoms with Gasteiger partial charge in [-0.3, -0.25) is 0 Å². The fourth-order valence-electron chi connectivity index (χ4n) is 1.61. The Labute approximate surface area is 88.7 Å². The molecule has 0 amide bonds. The van der Waals surface area contributed by atoms with Crippen LogP contribution in [0.1, 0.15) is 27.2 Å². The van der Waals surface area contributed by atoms with Crippen molar-refractivity contribution in [3.8, 4) is 0 Å². The molecular formula is C14H22. The smallest absolute Gasteiger partial charge is 0.00707 e. The van der Waals surface area contributed by atoms with E-state index < -0.39 is 0 Å². The molecule has 0 aromatic carbocycles. The SMILES string of the molecule is C=CCC(C(=C)C(=C)C)C(C)C=CC. The molecule has 0 aromatic rings. The minimum absolute atomic E-state index is 0.446. The first kappa shape index (κ1) is 13.0. The summed E-state index contributed by atoms with van der Waals surface area (Å²) in [7, 11) is 0. The standard InChI is InChI=1S/C14H22/c1-7-9-12(5)14(10-8-2)13(6)11(3)4/h7-9,12,14H,2-3,6,10H2,1,4-5H3. The van der Waals surface area contributed by atoms with Gasteiger partial charge in [-0.1, -0.05) is 43.9 Å². The predicted molar refractivity (Wildman–Crippen MR) is 66.2 cm³/mol. The lowest BCUT2D eigenvalue weighted by Crippen LogP contribution is -2.11. The van der Waals surface area contributed by atoms with E-state index >= 15 is 0 Å². The van der Waals surface area contributed by atoms with Gasteiger partial charge in [0, 0.05) is 0 Å². The van der Waals surface area contributed by atoms with Gasteiger partial charge in [-0.05, 0) is 37.7 Å². The summed E-state index contributed by atoms with van der Waals surface area (Å²) >= 11 is 0. The molecule has 0 saturated carbocycles. The highest BCUT2D eigenvalue weighted by molar-refractivity contribution is 5.27. The fraction of sp³-hybridized carbons (Fsp3) is 0.429. The van der Waals surface area contributed by atoms with E-state index in [2.05, 4.69) is 38.8 Å². The Bertz CT molecular complexity index is 243. The fourth-order valence-corrected chi connectivity index (χ4v) is 1.61. The Morgan fingerprint density at radius 2 is 1.93 bits per heavy atom. The molecule has 0 rings (SSSR count). The van der Waals surface area contributed by atoms with Crippen LogP contribution in [0, 0.1) is 11.8 Å². The molecule has 0 radical (unpaired) electrons. The molecule has 0 saturated heterocycles. The zero-order valence-corrected chi connectivity index (χ0v) is 9.72. The highest BCUT2D eigenvalue weighted by atomic mass is 14.2. The molecule has 0 N–H and O–H groups in total. The van der Waals surface area contributed by atoms with Crippen LogP contribution >= 0.6 is 0 Å². The normalized spacial score (nSPS) is 15.1. The summed E-state index contributed by atoms with van der Waals surface area (Å²) in [4.78, 5) is 0. The second-order valence-corrected chi connectivity index (χ2v) is 3.82. The van der Waals surface area contributed by atoms with Crippen LogP contribution in [0.3, 0.4) is 0 Å². The van der Waals surface area contributed by atoms with E-state index in [0.29, 0.717) is 11.8 Å². The second-order valence-electron chi connectivity index (χ2n) is 3.82. The lowest BCUT2D eigenvalue weighted by Gasteiger charge is -2.22. The van der Waals surface area contributed by atoms with Crippen LogP contribution in [0.25, 0.3) is 0 Å². The average molecular weight is 190 g/mol. The Morgan fingerprint density at radius 1 is 1.36 bits per heavy atom. The summed E-state index contributed by atoms with van der Waals surface area (Å²) in [5.41, 5.74) is 2.23. The summed E-state index contributed by atoms with van der Waals surface area (Å²) in [6, 6.07) is 0. The molecule has 2 atom stereocenters. The third-order valence-corrected chi connectivity index (χ3v) is 2.55. The van der Waals surface area contributed by atoms with Crippen molar-refractivity contribution in [1.82, 2.24) is 0 Å². The van der Waals surface area contributed by atoms with Gasteiger partial charge in [0.05, 0.1) is 0 Å². The first-order valence-corrected chi connectivity index (χ1v) is 5.13. The molecule has 0 fully saturated rings. The van der Waals surface area contributed by atoms with E-state index in [1.165, 1.54) is 0 Å². The predicted octanol–water partition coefficient (Wildman–Crippen LogP) is 4.52. The average Bonchev–Trinajstić information content (AvgIpc) is 2.13. The molecule has 0 heteroatoms. The van der Waals surface area contributed by atoms with Crippen molar-refractivity contribution in [2.45, 2.75) is 27.2 Å². The Hall–Kier alpha value is -1.04. The number of hydrogen-bond acceptors (Lipinski definition) is 0. The molecule has 14 heavy (non-hydrogen) atoms. The van der Waals surface area contributed by atoms with Gasteiger partial charge in [0.15, 0.2) is 0 Å². The zero-order valence-electron chi connectivity index (χ0n) is 9.72. The largest absolute Gasteiger partial charge is 0.103 e. The molecule has 0 bridgehead atoms. The van der Waals surface area contributed by atoms with Crippen molar-refractivity contribution in [3.05, 3.63) is 49.1 Å². The topological polar surface area (TPSA) is 0 Å². The van der Waals surface area contributed by atoms with Gasteiger partial charge >= 0.3 is 0 Å². The molecule has 0 aromatic heterocycles. The minimum atomic E-state index is 0.446. The van der Waals surface area contributed by atoms with Gasteiger partial charge in [-0.2, -0.15) is 0 Å². The quantitative estimate of drug-likeness (QED) is 0.426. The number of rotatable bonds is 6. The van der Waals surface area contributed by atoms with Crippen LogP contribution < -0.4 is 0 Å². The number of allylic oxidation sites excluding steroid dienone is 5. The molecule has 0 heterocycles. The van der Waals surface area contributed by atoms with Crippen LogP contribution in [-0.2, 0) is 0 Å². The molecule has 0 aliphatic carbocycles. The third-order valence-electron chi connectivity index (χ3n) is 2.55. The van der Waals surface area contributed by atoms with Crippen molar-refractivity contribution < 1.29 is 0 Å². The monoisotopic (exact) mass is 190 g/mol. The van der Waals surface area contributed by atoms with Gasteiger partial charge < -0.3 is 0 Å². The first-order chi connectivity index (χ1) is 6.54. The van der Waals surface area contributed by atoms with Gasteiger partial charge in [-0.15, -0.1) is 6.58 Å². The van der Waals surface area contributed by atoms with Gasteiger partial charge in [0.25, 0.3) is 0 Å². The molecule has 0 aliphatic heterocycles. The van der Waals surface area contributed by atoms with Crippen molar-refractivity contribution >= 4 is 0 Å². The Balaban J connectivity index is 4.65. The molecular weight excluding hydrogens is 168 g/mol. The third kappa shape index (κ3) is 3.78. The van der Waals surface area contributed by atoms with E-state index in [0.717, 1.165) is 17.6 Å². The van der Waals surface area contributed by atoms with Gasteiger partial charge in [0.1, 0.15) is 0 Å². The molecule has 78 valence electrons. The van der Waals surface area contributed by atoms with E-state index in [4.69, 9.17) is 0 Å². The summed E-state index contributed by atoms with van der Waals surface area (Å²) in [5.74, 6) is 0.948. The van der Waals surface area contributed by atoms with E-state index in [9.17, 15) is 0 Å². The van der Waals surface area contributed by atoms with Gasteiger partial charge in [-0.25, -0.2) is 0 Å². The van der Waals surface area contributed by atoms with Crippen LogP contribution in [0.15, 0.2) is 49.1 Å². The maximum absolute atomic E-state index is 4.10. The van der Waals surface area contributed by atoms with E-state index in [1.807, 2.05) is 19.9 Å². The van der Waals surface area contributed by atoms with Crippen molar-refractivity contribution in [1.29, 1.82) is 0 Å². The lowest BCUT2D eigenvalue weighted by atomic mass is 9.82. The summed E-state index contributed by atoms with van der Waals surface area (Å²) < 4.78 is 0. The summed E-state index contributed by atoms with van der Waals surface area (Å²) in [5, 5.41) is 0. The lowest BCUT2D eigenvalue weighted by molar-refractivity contribution is 0.497. The first-order valence-electron chi connectivity index (χ1n) is 5.13.